The van der Waals surface area contributed by atoms with Crippen molar-refractivity contribution in [1.82, 2.24) is 5.32 Å². The minimum absolute atomic E-state index is 0.614. The van der Waals surface area contributed by atoms with E-state index in [1.165, 1.54) is 5.39 Å². The number of para-hydroxylation sites is 1. The predicted molar refractivity (Wildman–Crippen MR) is 78.2 cm³/mol. The molecule has 0 saturated carbocycles. The lowest BCUT2D eigenvalue weighted by atomic mass is 10.2. The van der Waals surface area contributed by atoms with Crippen LogP contribution in [0.25, 0.3) is 11.0 Å². The Bertz CT molecular complexity index is 457. The second-order valence-corrected chi connectivity index (χ2v) is 5.25. The molecule has 0 bridgehead atoms. The Hall–Kier alpha value is -1.32. The van der Waals surface area contributed by atoms with Gasteiger partial charge in [-0.2, -0.15) is 0 Å². The zero-order valence-electron chi connectivity index (χ0n) is 11.8. The highest BCUT2D eigenvalue weighted by Gasteiger charge is 2.02. The second kappa shape index (κ2) is 7.31. The van der Waals surface area contributed by atoms with Crippen LogP contribution >= 0.6 is 0 Å². The molecule has 1 aromatic carbocycles. The van der Waals surface area contributed by atoms with E-state index in [1.54, 1.807) is 0 Å². The lowest BCUT2D eigenvalue weighted by molar-refractivity contribution is 0.108. The van der Waals surface area contributed by atoms with E-state index in [4.69, 9.17) is 9.15 Å². The number of furan rings is 1. The quantitative estimate of drug-likeness (QED) is 0.737. The van der Waals surface area contributed by atoms with Crippen molar-refractivity contribution in [3.05, 3.63) is 36.1 Å². The molecule has 0 unspecified atom stereocenters. The summed E-state index contributed by atoms with van der Waals surface area (Å²) in [7, 11) is 0. The minimum atomic E-state index is 0.614. The fourth-order valence-corrected chi connectivity index (χ4v) is 1.95. The average molecular weight is 261 g/mol. The highest BCUT2D eigenvalue weighted by molar-refractivity contribution is 5.77. The molecule has 0 radical (unpaired) electrons. The molecule has 0 atom stereocenters. The summed E-state index contributed by atoms with van der Waals surface area (Å²) in [4.78, 5) is 0. The fraction of sp³-hybridized carbons (Fsp3) is 0.500. The van der Waals surface area contributed by atoms with Crippen LogP contribution in [0.15, 0.2) is 34.7 Å². The lowest BCUT2D eigenvalue weighted by Crippen LogP contribution is -2.16. The summed E-state index contributed by atoms with van der Waals surface area (Å²) >= 11 is 0. The van der Waals surface area contributed by atoms with Crippen LogP contribution in [0.1, 0.15) is 26.0 Å². The number of fused-ring (bicyclic) bond motifs is 1. The Balaban J connectivity index is 1.63. The fourth-order valence-electron chi connectivity index (χ4n) is 1.95. The van der Waals surface area contributed by atoms with Gasteiger partial charge < -0.3 is 14.5 Å². The number of benzene rings is 1. The van der Waals surface area contributed by atoms with Crippen LogP contribution in [0.5, 0.6) is 0 Å². The van der Waals surface area contributed by atoms with E-state index in [0.717, 1.165) is 44.1 Å². The summed E-state index contributed by atoms with van der Waals surface area (Å²) in [5, 5.41) is 4.54. The monoisotopic (exact) mass is 261 g/mol. The largest absolute Gasteiger partial charge is 0.460 e. The Kier molecular flexibility index (Phi) is 5.43. The van der Waals surface area contributed by atoms with Crippen LogP contribution in [0.3, 0.4) is 0 Å². The van der Waals surface area contributed by atoms with Gasteiger partial charge in [-0.3, -0.25) is 0 Å². The zero-order chi connectivity index (χ0) is 13.5. The first-order valence-corrected chi connectivity index (χ1v) is 7.01. The maximum absolute atomic E-state index is 5.73. The lowest BCUT2D eigenvalue weighted by Gasteiger charge is -2.06. The van der Waals surface area contributed by atoms with Crippen molar-refractivity contribution in [1.29, 1.82) is 0 Å². The van der Waals surface area contributed by atoms with Gasteiger partial charge >= 0.3 is 0 Å². The molecule has 19 heavy (non-hydrogen) atoms. The number of ether oxygens (including phenoxy) is 1. The Labute approximate surface area is 114 Å². The molecule has 0 aliphatic rings. The standard InChI is InChI=1S/C16H23NO2/c1-13(2)12-18-9-5-8-17-11-15-10-14-6-3-4-7-16(14)19-15/h3-4,6-7,10,13,17H,5,8-9,11-12H2,1-2H3. The minimum Gasteiger partial charge on any atom is -0.460 e. The van der Waals surface area contributed by atoms with E-state index in [0.29, 0.717) is 5.92 Å². The van der Waals surface area contributed by atoms with Crippen molar-refractivity contribution in [2.24, 2.45) is 5.92 Å². The maximum Gasteiger partial charge on any atom is 0.134 e. The third-order valence-corrected chi connectivity index (χ3v) is 2.87. The first-order valence-electron chi connectivity index (χ1n) is 7.01. The highest BCUT2D eigenvalue weighted by Crippen LogP contribution is 2.18. The third-order valence-electron chi connectivity index (χ3n) is 2.87. The molecular weight excluding hydrogens is 238 g/mol. The number of nitrogens with one attached hydrogen (secondary N) is 1. The Morgan fingerprint density at radius 1 is 1.26 bits per heavy atom. The summed E-state index contributed by atoms with van der Waals surface area (Å²) < 4.78 is 11.3. The first kappa shape index (κ1) is 14.1. The molecule has 3 nitrogen and oxygen atoms in total. The van der Waals surface area contributed by atoms with Gasteiger partial charge in [-0.25, -0.2) is 0 Å². The van der Waals surface area contributed by atoms with E-state index in [9.17, 15) is 0 Å². The number of rotatable bonds is 8. The Morgan fingerprint density at radius 3 is 2.89 bits per heavy atom. The van der Waals surface area contributed by atoms with Gasteiger partial charge in [-0.05, 0) is 31.0 Å². The van der Waals surface area contributed by atoms with Crippen molar-refractivity contribution >= 4 is 11.0 Å². The van der Waals surface area contributed by atoms with Gasteiger partial charge in [-0.15, -0.1) is 0 Å². The van der Waals surface area contributed by atoms with Gasteiger partial charge in [-0.1, -0.05) is 32.0 Å². The maximum atomic E-state index is 5.73. The number of hydrogen-bond donors (Lipinski definition) is 1. The van der Waals surface area contributed by atoms with E-state index >= 15 is 0 Å². The first-order chi connectivity index (χ1) is 9.25. The van der Waals surface area contributed by atoms with Crippen LogP contribution in [0.4, 0.5) is 0 Å². The SMILES string of the molecule is CC(C)COCCCNCc1cc2ccccc2o1. The molecule has 0 aliphatic heterocycles. The molecule has 1 heterocycles. The molecule has 104 valence electrons. The summed E-state index contributed by atoms with van der Waals surface area (Å²) in [6.07, 6.45) is 1.03. The summed E-state index contributed by atoms with van der Waals surface area (Å²) in [5.74, 6) is 1.60. The van der Waals surface area contributed by atoms with Crippen molar-refractivity contribution in [3.63, 3.8) is 0 Å². The van der Waals surface area contributed by atoms with Gasteiger partial charge in [0.1, 0.15) is 11.3 Å². The van der Waals surface area contributed by atoms with E-state index in [2.05, 4.69) is 31.3 Å². The smallest absolute Gasteiger partial charge is 0.134 e. The molecule has 1 N–H and O–H groups in total. The van der Waals surface area contributed by atoms with E-state index < -0.39 is 0 Å². The molecule has 0 saturated heterocycles. The van der Waals surface area contributed by atoms with Gasteiger partial charge in [0.2, 0.25) is 0 Å². The molecule has 0 aliphatic carbocycles. The van der Waals surface area contributed by atoms with Crippen LogP contribution < -0.4 is 5.32 Å². The zero-order valence-corrected chi connectivity index (χ0v) is 11.8. The van der Waals surface area contributed by atoms with E-state index in [1.807, 2.05) is 18.2 Å². The van der Waals surface area contributed by atoms with Gasteiger partial charge in [0.25, 0.3) is 0 Å². The third kappa shape index (κ3) is 4.69. The Morgan fingerprint density at radius 2 is 2.11 bits per heavy atom. The highest BCUT2D eigenvalue weighted by atomic mass is 16.5. The summed E-state index contributed by atoms with van der Waals surface area (Å²) in [6, 6.07) is 10.2. The van der Waals surface area contributed by atoms with Gasteiger partial charge in [0.15, 0.2) is 0 Å². The molecule has 2 rings (SSSR count). The molecule has 3 heteroatoms. The van der Waals surface area contributed by atoms with Crippen molar-refractivity contribution in [2.45, 2.75) is 26.8 Å². The van der Waals surface area contributed by atoms with Crippen LogP contribution in [-0.2, 0) is 11.3 Å². The second-order valence-electron chi connectivity index (χ2n) is 5.25. The summed E-state index contributed by atoms with van der Waals surface area (Å²) in [5.41, 5.74) is 0.958. The van der Waals surface area contributed by atoms with Crippen LogP contribution in [0.2, 0.25) is 0 Å². The van der Waals surface area contributed by atoms with Crippen LogP contribution in [0, 0.1) is 5.92 Å². The predicted octanol–water partition coefficient (Wildman–Crippen LogP) is 3.59. The van der Waals surface area contributed by atoms with Crippen molar-refractivity contribution in [2.75, 3.05) is 19.8 Å². The average Bonchev–Trinajstić information content (AvgIpc) is 2.79. The van der Waals surface area contributed by atoms with Gasteiger partial charge in [0, 0.05) is 18.6 Å². The topological polar surface area (TPSA) is 34.4 Å². The number of hydrogen-bond acceptors (Lipinski definition) is 3. The molecular formula is C16H23NO2. The summed E-state index contributed by atoms with van der Waals surface area (Å²) in [6.45, 7) is 7.74. The molecule has 2 aromatic rings. The van der Waals surface area contributed by atoms with E-state index in [-0.39, 0.29) is 0 Å². The molecule has 1 aromatic heterocycles. The molecule has 0 amide bonds. The van der Waals surface area contributed by atoms with Gasteiger partial charge in [0.05, 0.1) is 6.54 Å². The molecule has 0 fully saturated rings. The van der Waals surface area contributed by atoms with Crippen molar-refractivity contribution in [3.8, 4) is 0 Å². The molecule has 0 spiro atoms. The normalized spacial score (nSPS) is 11.5. The van der Waals surface area contributed by atoms with Crippen molar-refractivity contribution < 1.29 is 9.15 Å². The van der Waals surface area contributed by atoms with Crippen LogP contribution in [-0.4, -0.2) is 19.8 Å².